The molecule has 0 aliphatic heterocycles. The lowest BCUT2D eigenvalue weighted by atomic mass is 11.2. The highest BCUT2D eigenvalue weighted by atomic mass is 16.8. The highest BCUT2D eigenvalue weighted by molar-refractivity contribution is 5.70. The van der Waals surface area contributed by atoms with Crippen LogP contribution in [-0.4, -0.2) is 21.8 Å². The summed E-state index contributed by atoms with van der Waals surface area (Å²) in [6.45, 7) is 0. The molecule has 0 heterocycles. The molecule has 0 saturated carbocycles. The van der Waals surface area contributed by atoms with Gasteiger partial charge in [0.15, 0.2) is 0 Å². The standard InChI is InChI=1S/CH5N3O3/c2-1(5)3-4(6)7/h6-7H,(H3,2,3,5). The van der Waals surface area contributed by atoms with Crippen LogP contribution < -0.4 is 11.2 Å². The Kier molecular flexibility index (Phi) is 2.06. The Balaban J connectivity index is 3.13. The fraction of sp³-hybridized carbons (Fsp3) is 0. The Morgan fingerprint density at radius 2 is 2.14 bits per heavy atom. The summed E-state index contributed by atoms with van der Waals surface area (Å²) in [4.78, 5) is 9.56. The summed E-state index contributed by atoms with van der Waals surface area (Å²) in [5, 5.41) is 14.9. The zero-order chi connectivity index (χ0) is 5.86. The summed E-state index contributed by atoms with van der Waals surface area (Å²) in [6, 6.07) is -1.04. The molecule has 0 aliphatic carbocycles. The van der Waals surface area contributed by atoms with Gasteiger partial charge in [-0.1, -0.05) is 0 Å². The number of carbonyl (C=O) groups excluding carboxylic acids is 1. The number of hydrogen-bond donors (Lipinski definition) is 4. The predicted octanol–water partition coefficient (Wildman–Crippen LogP) is -1.35. The zero-order valence-electron chi connectivity index (χ0n) is 3.33. The van der Waals surface area contributed by atoms with E-state index in [1.807, 2.05) is 0 Å². The second-order valence-corrected chi connectivity index (χ2v) is 0.765. The van der Waals surface area contributed by atoms with Gasteiger partial charge in [0.25, 0.3) is 0 Å². The molecule has 2 amide bonds. The molecule has 6 nitrogen and oxygen atoms in total. The van der Waals surface area contributed by atoms with Crippen LogP contribution in [0.25, 0.3) is 0 Å². The Morgan fingerprint density at radius 3 is 2.14 bits per heavy atom. The SMILES string of the molecule is NC(=O)NN(O)O. The molecule has 5 N–H and O–H groups in total. The largest absolute Gasteiger partial charge is 0.350 e. The van der Waals surface area contributed by atoms with Crippen LogP contribution in [0, 0.1) is 0 Å². The number of rotatable bonds is 1. The van der Waals surface area contributed by atoms with Crippen LogP contribution >= 0.6 is 0 Å². The Hall–Kier alpha value is -0.850. The topological polar surface area (TPSA) is 98.8 Å². The molecular weight excluding hydrogens is 102 g/mol. The number of primary amides is 1. The first-order chi connectivity index (χ1) is 3.13. The first-order valence-corrected chi connectivity index (χ1v) is 1.37. The van der Waals surface area contributed by atoms with E-state index < -0.39 is 11.4 Å². The van der Waals surface area contributed by atoms with Gasteiger partial charge < -0.3 is 5.73 Å². The number of nitrogens with one attached hydrogen (secondary N) is 1. The number of nitrogens with zero attached hydrogens (tertiary/aromatic N) is 1. The monoisotopic (exact) mass is 107 g/mol. The number of urea groups is 1. The van der Waals surface area contributed by atoms with Gasteiger partial charge in [0.1, 0.15) is 0 Å². The van der Waals surface area contributed by atoms with Gasteiger partial charge in [0.05, 0.1) is 0 Å². The van der Waals surface area contributed by atoms with E-state index in [9.17, 15) is 4.79 Å². The third kappa shape index (κ3) is 5.15. The van der Waals surface area contributed by atoms with E-state index in [0.717, 1.165) is 0 Å². The Labute approximate surface area is 39.0 Å². The van der Waals surface area contributed by atoms with Crippen molar-refractivity contribution in [1.82, 2.24) is 10.8 Å². The van der Waals surface area contributed by atoms with Crippen molar-refractivity contribution in [2.45, 2.75) is 0 Å². The summed E-state index contributed by atoms with van der Waals surface area (Å²) in [5.41, 5.74) is 5.77. The second-order valence-electron chi connectivity index (χ2n) is 0.765. The fourth-order valence-corrected chi connectivity index (χ4v) is 0.0986. The first-order valence-electron chi connectivity index (χ1n) is 1.37. The van der Waals surface area contributed by atoms with E-state index in [-0.39, 0.29) is 0 Å². The van der Waals surface area contributed by atoms with Crippen LogP contribution in [0.5, 0.6) is 0 Å². The van der Waals surface area contributed by atoms with Crippen LogP contribution in [0.1, 0.15) is 0 Å². The second kappa shape index (κ2) is 2.35. The number of hydrogen-bond acceptors (Lipinski definition) is 4. The molecule has 0 bridgehead atoms. The van der Waals surface area contributed by atoms with Crippen LogP contribution in [0.15, 0.2) is 0 Å². The maximum absolute atomic E-state index is 9.56. The maximum atomic E-state index is 9.56. The number of carbonyl (C=O) groups is 1. The smallest absolute Gasteiger partial charge is 0.330 e. The van der Waals surface area contributed by atoms with Crippen molar-refractivity contribution in [3.63, 3.8) is 0 Å². The van der Waals surface area contributed by atoms with Gasteiger partial charge >= 0.3 is 6.03 Å². The molecule has 42 valence electrons. The summed E-state index contributed by atoms with van der Waals surface area (Å²) in [5.74, 6) is 0. The number of hydrazine groups is 1. The fourth-order valence-electron chi connectivity index (χ4n) is 0.0986. The van der Waals surface area contributed by atoms with Gasteiger partial charge in [-0.25, -0.2) is 10.2 Å². The quantitative estimate of drug-likeness (QED) is 0.311. The molecule has 0 fully saturated rings. The average molecular weight is 107 g/mol. The van der Waals surface area contributed by atoms with E-state index in [0.29, 0.717) is 0 Å². The van der Waals surface area contributed by atoms with Crippen molar-refractivity contribution in [2.75, 3.05) is 0 Å². The van der Waals surface area contributed by atoms with E-state index in [2.05, 4.69) is 5.73 Å². The minimum absolute atomic E-state index is 0.525. The summed E-state index contributed by atoms with van der Waals surface area (Å²) < 4.78 is 0. The van der Waals surface area contributed by atoms with Crippen molar-refractivity contribution in [1.29, 1.82) is 0 Å². The Morgan fingerprint density at radius 1 is 1.71 bits per heavy atom. The summed E-state index contributed by atoms with van der Waals surface area (Å²) in [7, 11) is 0. The van der Waals surface area contributed by atoms with E-state index in [1.54, 1.807) is 0 Å². The molecule has 0 atom stereocenters. The molecule has 0 radical (unpaired) electrons. The first kappa shape index (κ1) is 6.15. The van der Waals surface area contributed by atoms with Gasteiger partial charge in [-0.2, -0.15) is 0 Å². The lowest BCUT2D eigenvalue weighted by Gasteiger charge is -2.01. The molecule has 0 rings (SSSR count). The van der Waals surface area contributed by atoms with Gasteiger partial charge in [0, 0.05) is 5.34 Å². The minimum atomic E-state index is -1.04. The normalized spacial score (nSPS) is 9.00. The predicted molar refractivity (Wildman–Crippen MR) is 18.1 cm³/mol. The van der Waals surface area contributed by atoms with Crippen LogP contribution in [0.3, 0.4) is 0 Å². The third-order valence-electron chi connectivity index (χ3n) is 0.210. The van der Waals surface area contributed by atoms with E-state index in [4.69, 9.17) is 10.4 Å². The van der Waals surface area contributed by atoms with Gasteiger partial charge in [-0.15, -0.1) is 0 Å². The van der Waals surface area contributed by atoms with Gasteiger partial charge in [-0.05, 0) is 0 Å². The highest BCUT2D eigenvalue weighted by Gasteiger charge is 1.92. The van der Waals surface area contributed by atoms with E-state index >= 15 is 0 Å². The molecule has 0 unspecified atom stereocenters. The molecule has 0 spiro atoms. The molecule has 0 saturated heterocycles. The number of amides is 2. The van der Waals surface area contributed by atoms with Crippen molar-refractivity contribution in [2.24, 2.45) is 5.73 Å². The molecule has 7 heavy (non-hydrogen) atoms. The molecule has 6 heteroatoms. The van der Waals surface area contributed by atoms with E-state index in [1.165, 1.54) is 5.43 Å². The lowest BCUT2D eigenvalue weighted by molar-refractivity contribution is -0.331. The Bertz CT molecular complexity index is 70.6. The molecule has 0 aromatic heterocycles. The summed E-state index contributed by atoms with van der Waals surface area (Å²) in [6.07, 6.45) is 0. The molecular formula is CH5N3O3. The zero-order valence-corrected chi connectivity index (χ0v) is 3.33. The maximum Gasteiger partial charge on any atom is 0.330 e. The highest BCUT2D eigenvalue weighted by Crippen LogP contribution is 1.56. The summed E-state index contributed by atoms with van der Waals surface area (Å²) >= 11 is 0. The lowest BCUT2D eigenvalue weighted by Crippen LogP contribution is -2.40. The average Bonchev–Trinajstić information content (AvgIpc) is 1.27. The minimum Gasteiger partial charge on any atom is -0.350 e. The van der Waals surface area contributed by atoms with Crippen LogP contribution in [0.2, 0.25) is 0 Å². The molecule has 0 aromatic rings. The third-order valence-corrected chi connectivity index (χ3v) is 0.210. The van der Waals surface area contributed by atoms with Crippen molar-refractivity contribution in [3.05, 3.63) is 0 Å². The van der Waals surface area contributed by atoms with Crippen LogP contribution in [0.4, 0.5) is 4.79 Å². The van der Waals surface area contributed by atoms with Crippen LogP contribution in [-0.2, 0) is 0 Å². The number of nitrogens with two attached hydrogens (primary N) is 1. The van der Waals surface area contributed by atoms with Gasteiger partial charge in [0.2, 0.25) is 0 Å². The van der Waals surface area contributed by atoms with Gasteiger partial charge in [-0.3, -0.25) is 10.4 Å². The van der Waals surface area contributed by atoms with Crippen molar-refractivity contribution < 1.29 is 15.2 Å². The van der Waals surface area contributed by atoms with Crippen molar-refractivity contribution >= 4 is 6.03 Å². The molecule has 0 aliphatic rings. The molecule has 0 aromatic carbocycles. The van der Waals surface area contributed by atoms with Crippen molar-refractivity contribution in [3.8, 4) is 0 Å².